The van der Waals surface area contributed by atoms with E-state index in [4.69, 9.17) is 4.74 Å². The highest BCUT2D eigenvalue weighted by Gasteiger charge is 2.42. The van der Waals surface area contributed by atoms with Crippen LogP contribution in [0.3, 0.4) is 0 Å². The fourth-order valence-electron chi connectivity index (χ4n) is 7.35. The Bertz CT molecular complexity index is 1490. The van der Waals surface area contributed by atoms with Gasteiger partial charge in [-0.1, -0.05) is 18.2 Å². The van der Waals surface area contributed by atoms with Crippen molar-refractivity contribution in [2.75, 3.05) is 25.1 Å². The molecule has 0 radical (unpaired) electrons. The number of benzene rings is 2. The first kappa shape index (κ1) is 30.1. The molecule has 2 bridgehead atoms. The van der Waals surface area contributed by atoms with Gasteiger partial charge in [-0.05, 0) is 107 Å². The van der Waals surface area contributed by atoms with Crippen molar-refractivity contribution in [1.82, 2.24) is 20.9 Å². The van der Waals surface area contributed by atoms with E-state index in [1.54, 1.807) is 38.4 Å². The molecule has 9 heteroatoms. The Labute approximate surface area is 258 Å². The molecule has 0 aliphatic carbocycles. The van der Waals surface area contributed by atoms with Crippen molar-refractivity contribution >= 4 is 17.6 Å². The molecule has 8 nitrogen and oxygen atoms in total. The molecule has 2 aromatic carbocycles. The molecule has 2 unspecified atom stereocenters. The molecule has 44 heavy (non-hydrogen) atoms. The monoisotopic (exact) mass is 599 g/mol. The normalized spacial score (nSPS) is 22.4. The van der Waals surface area contributed by atoms with Gasteiger partial charge in [-0.15, -0.1) is 0 Å². The number of amides is 2. The number of hydrogen-bond acceptors (Lipinski definition) is 6. The Morgan fingerprint density at radius 3 is 2.43 bits per heavy atom. The number of ether oxygens (including phenoxy) is 1. The van der Waals surface area contributed by atoms with Gasteiger partial charge in [0.1, 0.15) is 17.4 Å². The van der Waals surface area contributed by atoms with Crippen LogP contribution in [-0.2, 0) is 0 Å². The number of aromatic nitrogens is 1. The molecular formula is C35H42FN5O3. The number of rotatable bonds is 8. The second-order valence-electron chi connectivity index (χ2n) is 12.5. The molecule has 3 N–H and O–H groups in total. The summed E-state index contributed by atoms with van der Waals surface area (Å²) in [6.07, 6.45) is 7.38. The summed E-state index contributed by atoms with van der Waals surface area (Å²) in [5.74, 6) is 1.29. The van der Waals surface area contributed by atoms with Gasteiger partial charge in [-0.2, -0.15) is 0 Å². The summed E-state index contributed by atoms with van der Waals surface area (Å²) < 4.78 is 20.5. The summed E-state index contributed by atoms with van der Waals surface area (Å²) in [5, 5.41) is 9.54. The van der Waals surface area contributed by atoms with Crippen molar-refractivity contribution in [1.29, 1.82) is 0 Å². The third kappa shape index (κ3) is 6.15. The van der Waals surface area contributed by atoms with Crippen molar-refractivity contribution in [2.24, 2.45) is 0 Å². The highest BCUT2D eigenvalue weighted by Crippen LogP contribution is 2.39. The maximum Gasteiger partial charge on any atom is 0.253 e. The van der Waals surface area contributed by atoms with Crippen LogP contribution in [0.2, 0.25) is 0 Å². The SMILES string of the molecule is COc1cccc(C(=O)NC2C[C@H]3CC[C@@H](C2)N3c2ccc(C(=O)NC(C)c3ccc(C4CCNCC4)cc3F)cn2)c1C. The maximum atomic E-state index is 15.1. The number of carbonyl (C=O) groups is 2. The molecule has 3 aromatic rings. The zero-order valence-corrected chi connectivity index (χ0v) is 25.7. The van der Waals surface area contributed by atoms with Gasteiger partial charge in [0.25, 0.3) is 11.8 Å². The van der Waals surface area contributed by atoms with E-state index >= 15 is 4.39 Å². The second-order valence-corrected chi connectivity index (χ2v) is 12.5. The van der Waals surface area contributed by atoms with E-state index in [1.165, 1.54) is 0 Å². The van der Waals surface area contributed by atoms with Crippen molar-refractivity contribution in [3.8, 4) is 5.75 Å². The predicted molar refractivity (Wildman–Crippen MR) is 169 cm³/mol. The highest BCUT2D eigenvalue weighted by atomic mass is 19.1. The summed E-state index contributed by atoms with van der Waals surface area (Å²) in [5.41, 5.74) is 3.43. The number of piperidine rings is 2. The smallest absolute Gasteiger partial charge is 0.253 e. The van der Waals surface area contributed by atoms with Crippen LogP contribution in [-0.4, -0.2) is 55.1 Å². The van der Waals surface area contributed by atoms with Crippen LogP contribution < -0.4 is 25.6 Å². The average Bonchev–Trinajstić information content (AvgIpc) is 3.31. The zero-order chi connectivity index (χ0) is 30.8. The Kier molecular flexibility index (Phi) is 8.84. The number of hydrogen-bond donors (Lipinski definition) is 3. The summed E-state index contributed by atoms with van der Waals surface area (Å²) >= 11 is 0. The van der Waals surface area contributed by atoms with E-state index in [-0.39, 0.29) is 35.8 Å². The van der Waals surface area contributed by atoms with Crippen molar-refractivity contribution in [2.45, 2.75) is 82.5 Å². The number of nitrogens with zero attached hydrogens (tertiary/aromatic N) is 2. The van der Waals surface area contributed by atoms with Gasteiger partial charge in [0.15, 0.2) is 0 Å². The summed E-state index contributed by atoms with van der Waals surface area (Å²) in [7, 11) is 1.61. The van der Waals surface area contributed by atoms with Crippen LogP contribution >= 0.6 is 0 Å². The Morgan fingerprint density at radius 1 is 1.02 bits per heavy atom. The fourth-order valence-corrected chi connectivity index (χ4v) is 7.35. The van der Waals surface area contributed by atoms with E-state index in [0.717, 1.165) is 68.6 Å². The standard InChI is InChI=1S/C35H42FN5O3/c1-21-29(5-4-6-32(21)44-3)35(43)40-26-18-27-9-10-28(19-26)41(27)33-12-8-25(20-38-33)34(42)39-22(2)30-11-7-24(17-31(30)36)23-13-15-37-16-14-23/h4-8,11-12,17,20,22-23,26-28,37H,9-10,13-16,18-19H2,1-3H3,(H,39,42)(H,40,43)/t22?,26?,27-,28+. The van der Waals surface area contributed by atoms with Crippen molar-refractivity contribution in [3.63, 3.8) is 0 Å². The van der Waals surface area contributed by atoms with Gasteiger partial charge >= 0.3 is 0 Å². The van der Waals surface area contributed by atoms with Crippen molar-refractivity contribution < 1.29 is 18.7 Å². The third-order valence-electron chi connectivity index (χ3n) is 9.74. The molecule has 3 fully saturated rings. The Balaban J connectivity index is 1.06. The lowest BCUT2D eigenvalue weighted by atomic mass is 9.89. The molecule has 2 amide bonds. The molecule has 4 heterocycles. The third-order valence-corrected chi connectivity index (χ3v) is 9.74. The number of fused-ring (bicyclic) bond motifs is 2. The maximum absolute atomic E-state index is 15.1. The predicted octanol–water partition coefficient (Wildman–Crippen LogP) is 5.43. The largest absolute Gasteiger partial charge is 0.496 e. The number of pyridine rings is 1. The molecule has 0 spiro atoms. The minimum absolute atomic E-state index is 0.0698. The Hall–Kier alpha value is -3.98. The second kappa shape index (κ2) is 12.9. The van der Waals surface area contributed by atoms with E-state index in [1.807, 2.05) is 37.3 Å². The van der Waals surface area contributed by atoms with Gasteiger partial charge in [-0.3, -0.25) is 9.59 Å². The lowest BCUT2D eigenvalue weighted by Gasteiger charge is -2.40. The van der Waals surface area contributed by atoms with E-state index < -0.39 is 6.04 Å². The van der Waals surface area contributed by atoms with Crippen molar-refractivity contribution in [3.05, 3.63) is 88.4 Å². The topological polar surface area (TPSA) is 95.6 Å². The van der Waals surface area contributed by atoms with Crippen LogP contribution in [0.5, 0.6) is 5.75 Å². The first-order valence-electron chi connectivity index (χ1n) is 15.8. The summed E-state index contributed by atoms with van der Waals surface area (Å²) in [4.78, 5) is 33.2. The molecule has 3 aliphatic heterocycles. The fraction of sp³-hybridized carbons (Fsp3) is 0.457. The molecule has 3 saturated heterocycles. The molecule has 3 aliphatic rings. The highest BCUT2D eigenvalue weighted by molar-refractivity contribution is 5.96. The lowest BCUT2D eigenvalue weighted by molar-refractivity contribution is 0.0922. The van der Waals surface area contributed by atoms with Gasteiger partial charge in [0.05, 0.1) is 18.7 Å². The van der Waals surface area contributed by atoms with Crippen LogP contribution in [0.25, 0.3) is 0 Å². The first-order valence-corrected chi connectivity index (χ1v) is 15.8. The quantitative estimate of drug-likeness (QED) is 0.320. The van der Waals surface area contributed by atoms with Crippen LogP contribution in [0.4, 0.5) is 10.2 Å². The first-order chi connectivity index (χ1) is 21.3. The average molecular weight is 600 g/mol. The minimum Gasteiger partial charge on any atom is -0.496 e. The van der Waals surface area contributed by atoms with Crippen LogP contribution in [0, 0.1) is 12.7 Å². The summed E-state index contributed by atoms with van der Waals surface area (Å²) in [6, 6.07) is 14.8. The number of carbonyl (C=O) groups excluding carboxylic acids is 2. The number of nitrogens with one attached hydrogen (secondary N) is 3. The van der Waals surface area contributed by atoms with Crippen LogP contribution in [0.1, 0.15) is 94.8 Å². The molecule has 1 aromatic heterocycles. The van der Waals surface area contributed by atoms with Gasteiger partial charge in [-0.25, -0.2) is 9.37 Å². The molecular weight excluding hydrogens is 557 g/mol. The molecule has 6 rings (SSSR count). The zero-order valence-electron chi connectivity index (χ0n) is 25.7. The number of methoxy groups -OCH3 is 1. The van der Waals surface area contributed by atoms with Gasteiger partial charge < -0.3 is 25.6 Å². The van der Waals surface area contributed by atoms with E-state index in [9.17, 15) is 9.59 Å². The summed E-state index contributed by atoms with van der Waals surface area (Å²) in [6.45, 7) is 5.62. The number of halogens is 1. The lowest BCUT2D eigenvalue weighted by Crippen LogP contribution is -2.50. The molecule has 4 atom stereocenters. The van der Waals surface area contributed by atoms with E-state index in [0.29, 0.717) is 28.4 Å². The molecule has 232 valence electrons. The van der Waals surface area contributed by atoms with Gasteiger partial charge in [0, 0.05) is 41.0 Å². The number of anilines is 1. The molecule has 0 saturated carbocycles. The Morgan fingerprint density at radius 2 is 1.77 bits per heavy atom. The minimum atomic E-state index is -0.477. The van der Waals surface area contributed by atoms with Crippen LogP contribution in [0.15, 0.2) is 54.7 Å². The van der Waals surface area contributed by atoms with E-state index in [2.05, 4.69) is 25.8 Å². The van der Waals surface area contributed by atoms with Gasteiger partial charge in [0.2, 0.25) is 0 Å².